The molecule has 0 aromatic heterocycles. The third-order valence-corrected chi connectivity index (χ3v) is 6.01. The van der Waals surface area contributed by atoms with Gasteiger partial charge in [0.15, 0.2) is 15.8 Å². The average Bonchev–Trinajstić information content (AvgIpc) is 2.96. The fourth-order valence-corrected chi connectivity index (χ4v) is 4.74. The molecule has 1 aliphatic rings. The molecule has 0 radical (unpaired) electrons. The average molecular weight is 440 g/mol. The third kappa shape index (κ3) is 4.45. The van der Waals surface area contributed by atoms with Crippen molar-refractivity contribution in [2.24, 2.45) is 0 Å². The number of thiocarbonyl (C=S) groups is 1. The normalized spacial score (nSPS) is 15.1. The summed E-state index contributed by atoms with van der Waals surface area (Å²) < 4.78 is 11.8. The van der Waals surface area contributed by atoms with E-state index in [4.69, 9.17) is 21.7 Å². The molecule has 156 valence electrons. The smallest absolute Gasteiger partial charge is 0.270 e. The van der Waals surface area contributed by atoms with E-state index in [1.807, 2.05) is 57.2 Å². The standard InChI is InChI=1S/C24H25NO3S2/c1-6-8-18-12-17(13-20(28-7-2)22(18)27-5)14-21-23(26)25(24(29)30-21)19-10-9-15(3)11-16(19)4/h6,9-14H,1,7-8H2,2-5H3/b21-14-. The maximum absolute atomic E-state index is 13.2. The molecule has 1 amide bonds. The van der Waals surface area contributed by atoms with Crippen molar-refractivity contribution in [1.29, 1.82) is 0 Å². The molecule has 4 nitrogen and oxygen atoms in total. The van der Waals surface area contributed by atoms with Crippen molar-refractivity contribution >= 4 is 46.0 Å². The van der Waals surface area contributed by atoms with Gasteiger partial charge in [0.2, 0.25) is 0 Å². The van der Waals surface area contributed by atoms with Crippen LogP contribution in [0.1, 0.15) is 29.2 Å². The second kappa shape index (κ2) is 9.49. The number of allylic oxidation sites excluding steroid dienone is 1. The van der Waals surface area contributed by atoms with Crippen molar-refractivity contribution in [2.75, 3.05) is 18.6 Å². The maximum Gasteiger partial charge on any atom is 0.270 e. The molecule has 1 aliphatic heterocycles. The van der Waals surface area contributed by atoms with Crippen LogP contribution in [-0.4, -0.2) is 23.9 Å². The highest BCUT2D eigenvalue weighted by molar-refractivity contribution is 8.27. The Morgan fingerprint density at radius 1 is 1.23 bits per heavy atom. The Morgan fingerprint density at radius 3 is 2.63 bits per heavy atom. The summed E-state index contributed by atoms with van der Waals surface area (Å²) in [5.74, 6) is 1.23. The Balaban J connectivity index is 2.01. The summed E-state index contributed by atoms with van der Waals surface area (Å²) in [4.78, 5) is 15.4. The SMILES string of the molecule is C=CCc1cc(/C=C2\SC(=S)N(c3ccc(C)cc3C)C2=O)cc(OCC)c1OC. The summed E-state index contributed by atoms with van der Waals surface area (Å²) >= 11 is 6.84. The maximum atomic E-state index is 13.2. The molecular formula is C24H25NO3S2. The van der Waals surface area contributed by atoms with Crippen molar-refractivity contribution in [3.8, 4) is 11.5 Å². The molecule has 2 aromatic rings. The monoisotopic (exact) mass is 439 g/mol. The van der Waals surface area contributed by atoms with Gasteiger partial charge in [-0.05, 0) is 62.6 Å². The minimum Gasteiger partial charge on any atom is -0.493 e. The molecule has 2 aromatic carbocycles. The van der Waals surface area contributed by atoms with E-state index >= 15 is 0 Å². The number of hydrogen-bond acceptors (Lipinski definition) is 5. The van der Waals surface area contributed by atoms with Crippen LogP contribution in [0.4, 0.5) is 5.69 Å². The van der Waals surface area contributed by atoms with Gasteiger partial charge in [0.05, 0.1) is 24.3 Å². The Bertz CT molecular complexity index is 1040. The summed E-state index contributed by atoms with van der Waals surface area (Å²) in [5, 5.41) is 0. The number of anilines is 1. The predicted molar refractivity (Wildman–Crippen MR) is 130 cm³/mol. The first-order chi connectivity index (χ1) is 14.4. The molecule has 6 heteroatoms. The number of carbonyl (C=O) groups excluding carboxylic acids is 1. The number of ether oxygens (including phenoxy) is 2. The van der Waals surface area contributed by atoms with E-state index in [1.54, 1.807) is 12.0 Å². The molecule has 3 rings (SSSR count). The zero-order chi connectivity index (χ0) is 21.8. The number of rotatable bonds is 7. The van der Waals surface area contributed by atoms with Crippen molar-refractivity contribution in [3.63, 3.8) is 0 Å². The van der Waals surface area contributed by atoms with Crippen molar-refractivity contribution < 1.29 is 14.3 Å². The van der Waals surface area contributed by atoms with E-state index in [-0.39, 0.29) is 5.91 Å². The predicted octanol–water partition coefficient (Wildman–Crippen LogP) is 5.85. The van der Waals surface area contributed by atoms with Crippen LogP contribution in [0, 0.1) is 13.8 Å². The number of carbonyl (C=O) groups is 1. The quantitative estimate of drug-likeness (QED) is 0.308. The van der Waals surface area contributed by atoms with E-state index in [2.05, 4.69) is 12.6 Å². The molecule has 0 unspecified atom stereocenters. The van der Waals surface area contributed by atoms with Crippen molar-refractivity contribution in [1.82, 2.24) is 0 Å². The van der Waals surface area contributed by atoms with Gasteiger partial charge < -0.3 is 9.47 Å². The molecule has 1 heterocycles. The molecule has 1 fully saturated rings. The molecule has 0 aliphatic carbocycles. The Labute approximate surface area is 187 Å². The van der Waals surface area contributed by atoms with E-state index in [9.17, 15) is 4.79 Å². The highest BCUT2D eigenvalue weighted by Gasteiger charge is 2.34. The van der Waals surface area contributed by atoms with Crippen molar-refractivity contribution in [2.45, 2.75) is 27.2 Å². The van der Waals surface area contributed by atoms with Gasteiger partial charge in [-0.25, -0.2) is 0 Å². The lowest BCUT2D eigenvalue weighted by Crippen LogP contribution is -2.28. The first kappa shape index (κ1) is 22.1. The highest BCUT2D eigenvalue weighted by atomic mass is 32.2. The number of methoxy groups -OCH3 is 1. The van der Waals surface area contributed by atoms with Gasteiger partial charge in [-0.15, -0.1) is 6.58 Å². The minimum absolute atomic E-state index is 0.115. The van der Waals surface area contributed by atoms with Crippen LogP contribution in [-0.2, 0) is 11.2 Å². The first-order valence-corrected chi connectivity index (χ1v) is 10.9. The van der Waals surface area contributed by atoms with E-state index in [0.29, 0.717) is 33.8 Å². The van der Waals surface area contributed by atoms with Crippen LogP contribution in [0.15, 0.2) is 47.9 Å². The summed E-state index contributed by atoms with van der Waals surface area (Å²) in [6.45, 7) is 10.3. The van der Waals surface area contributed by atoms with Crippen LogP contribution in [0.5, 0.6) is 11.5 Å². The van der Waals surface area contributed by atoms with E-state index < -0.39 is 0 Å². The zero-order valence-electron chi connectivity index (χ0n) is 17.7. The lowest BCUT2D eigenvalue weighted by Gasteiger charge is -2.17. The topological polar surface area (TPSA) is 38.8 Å². The van der Waals surface area contributed by atoms with Crippen molar-refractivity contribution in [3.05, 3.63) is 70.1 Å². The molecule has 1 saturated heterocycles. The molecule has 0 bridgehead atoms. The Morgan fingerprint density at radius 2 is 2.00 bits per heavy atom. The fraction of sp³-hybridized carbons (Fsp3) is 0.250. The molecule has 0 spiro atoms. The number of thioether (sulfide) groups is 1. The van der Waals surface area contributed by atoms with Gasteiger partial charge in [0.1, 0.15) is 0 Å². The number of aryl methyl sites for hydroxylation is 2. The zero-order valence-corrected chi connectivity index (χ0v) is 19.3. The number of amides is 1. The second-order valence-corrected chi connectivity index (χ2v) is 8.62. The lowest BCUT2D eigenvalue weighted by molar-refractivity contribution is -0.113. The molecule has 0 saturated carbocycles. The molecule has 30 heavy (non-hydrogen) atoms. The van der Waals surface area contributed by atoms with Gasteiger partial charge >= 0.3 is 0 Å². The van der Waals surface area contributed by atoms with E-state index in [0.717, 1.165) is 27.9 Å². The van der Waals surface area contributed by atoms with Crippen LogP contribution in [0.25, 0.3) is 6.08 Å². The van der Waals surface area contributed by atoms with Crippen LogP contribution in [0.2, 0.25) is 0 Å². The molecular weight excluding hydrogens is 414 g/mol. The van der Waals surface area contributed by atoms with Gasteiger partial charge in [-0.1, -0.05) is 47.8 Å². The lowest BCUT2D eigenvalue weighted by atomic mass is 10.0. The summed E-state index contributed by atoms with van der Waals surface area (Å²) in [6, 6.07) is 9.87. The summed E-state index contributed by atoms with van der Waals surface area (Å²) in [6.07, 6.45) is 4.31. The van der Waals surface area contributed by atoms with Crippen LogP contribution >= 0.6 is 24.0 Å². The van der Waals surface area contributed by atoms with Gasteiger partial charge in [-0.2, -0.15) is 0 Å². The number of benzene rings is 2. The minimum atomic E-state index is -0.115. The van der Waals surface area contributed by atoms with Gasteiger partial charge in [0.25, 0.3) is 5.91 Å². The van der Waals surface area contributed by atoms with Crippen LogP contribution in [0.3, 0.4) is 0 Å². The summed E-state index contributed by atoms with van der Waals surface area (Å²) in [7, 11) is 1.62. The largest absolute Gasteiger partial charge is 0.493 e. The second-order valence-electron chi connectivity index (χ2n) is 6.94. The summed E-state index contributed by atoms with van der Waals surface area (Å²) in [5.41, 5.74) is 4.80. The highest BCUT2D eigenvalue weighted by Crippen LogP contribution is 2.39. The third-order valence-electron chi connectivity index (χ3n) is 4.71. The molecule has 0 atom stereocenters. The molecule has 0 N–H and O–H groups in total. The van der Waals surface area contributed by atoms with E-state index in [1.165, 1.54) is 11.8 Å². The fourth-order valence-electron chi connectivity index (χ4n) is 3.45. The van der Waals surface area contributed by atoms with Crippen LogP contribution < -0.4 is 14.4 Å². The van der Waals surface area contributed by atoms with Gasteiger partial charge in [0, 0.05) is 5.56 Å². The Hall–Kier alpha value is -2.57. The first-order valence-electron chi connectivity index (χ1n) is 9.69. The number of nitrogens with zero attached hydrogens (tertiary/aromatic N) is 1. The Kier molecular flexibility index (Phi) is 7.00. The van der Waals surface area contributed by atoms with Gasteiger partial charge in [-0.3, -0.25) is 9.69 Å². The number of hydrogen-bond donors (Lipinski definition) is 0.